The van der Waals surface area contributed by atoms with E-state index in [9.17, 15) is 0 Å². The van der Waals surface area contributed by atoms with Gasteiger partial charge in [-0.1, -0.05) is 20.8 Å². The fraction of sp³-hybridized carbons (Fsp3) is 0.714. The molecule has 0 spiro atoms. The third-order valence-electron chi connectivity index (χ3n) is 2.27. The van der Waals surface area contributed by atoms with Gasteiger partial charge in [0.2, 0.25) is 11.8 Å². The van der Waals surface area contributed by atoms with Crippen LogP contribution in [0.25, 0.3) is 0 Å². The van der Waals surface area contributed by atoms with Crippen molar-refractivity contribution in [1.29, 1.82) is 0 Å². The summed E-state index contributed by atoms with van der Waals surface area (Å²) in [6.07, 6.45) is 0.967. The highest BCUT2D eigenvalue weighted by Gasteiger charge is 2.02. The van der Waals surface area contributed by atoms with E-state index in [0.29, 0.717) is 37.5 Å². The molecule has 0 aliphatic carbocycles. The van der Waals surface area contributed by atoms with Gasteiger partial charge in [0.25, 0.3) is 0 Å². The van der Waals surface area contributed by atoms with Gasteiger partial charge in [-0.15, -0.1) is 0 Å². The molecular formula is C14H25N3O2. The lowest BCUT2D eigenvalue weighted by Gasteiger charge is -2.10. The normalized spacial score (nSPS) is 10.8. The summed E-state index contributed by atoms with van der Waals surface area (Å²) in [6.45, 7) is 11.1. The standard InChI is InChI=1S/C14H25N3O2/c1-5-7-19-13-9-12(4)16-14(17-13)15-6-8-18-10-11(2)3/h9,11H,5-8,10H2,1-4H3,(H,15,16,17). The fourth-order valence-electron chi connectivity index (χ4n) is 1.45. The number of ether oxygens (including phenoxy) is 2. The monoisotopic (exact) mass is 267 g/mol. The second kappa shape index (κ2) is 8.69. The zero-order chi connectivity index (χ0) is 14.1. The first-order valence-corrected chi connectivity index (χ1v) is 6.92. The molecule has 0 aromatic carbocycles. The number of aryl methyl sites for hydroxylation is 1. The van der Waals surface area contributed by atoms with E-state index in [1.165, 1.54) is 0 Å². The third-order valence-corrected chi connectivity index (χ3v) is 2.27. The van der Waals surface area contributed by atoms with Gasteiger partial charge in [0.1, 0.15) is 0 Å². The lowest BCUT2D eigenvalue weighted by molar-refractivity contribution is 0.118. The summed E-state index contributed by atoms with van der Waals surface area (Å²) in [5.41, 5.74) is 0.895. The quantitative estimate of drug-likeness (QED) is 0.697. The van der Waals surface area contributed by atoms with Crippen LogP contribution in [-0.2, 0) is 4.74 Å². The van der Waals surface area contributed by atoms with Gasteiger partial charge in [-0.3, -0.25) is 0 Å². The Morgan fingerprint density at radius 3 is 2.74 bits per heavy atom. The number of rotatable bonds is 9. The van der Waals surface area contributed by atoms with E-state index in [-0.39, 0.29) is 0 Å². The second-order valence-corrected chi connectivity index (χ2v) is 4.92. The molecular weight excluding hydrogens is 242 g/mol. The summed E-state index contributed by atoms with van der Waals surface area (Å²) >= 11 is 0. The molecule has 0 bridgehead atoms. The zero-order valence-electron chi connectivity index (χ0n) is 12.4. The van der Waals surface area contributed by atoms with Crippen LogP contribution in [0.15, 0.2) is 6.07 Å². The van der Waals surface area contributed by atoms with Crippen molar-refractivity contribution in [2.45, 2.75) is 34.1 Å². The van der Waals surface area contributed by atoms with Gasteiger partial charge in [-0.05, 0) is 19.3 Å². The van der Waals surface area contributed by atoms with Crippen molar-refractivity contribution in [2.24, 2.45) is 5.92 Å². The summed E-state index contributed by atoms with van der Waals surface area (Å²) in [5.74, 6) is 1.78. The Labute approximate surface area is 115 Å². The molecule has 1 N–H and O–H groups in total. The predicted octanol–water partition coefficient (Wildman–Crippen LogP) is 2.66. The van der Waals surface area contributed by atoms with Gasteiger partial charge in [0.15, 0.2) is 0 Å². The van der Waals surface area contributed by atoms with E-state index in [1.54, 1.807) is 0 Å². The minimum absolute atomic E-state index is 0.560. The van der Waals surface area contributed by atoms with Gasteiger partial charge < -0.3 is 14.8 Å². The average Bonchev–Trinajstić information content (AvgIpc) is 2.35. The van der Waals surface area contributed by atoms with Gasteiger partial charge in [0.05, 0.1) is 13.2 Å². The van der Waals surface area contributed by atoms with Crippen LogP contribution in [0.2, 0.25) is 0 Å². The maximum Gasteiger partial charge on any atom is 0.226 e. The van der Waals surface area contributed by atoms with E-state index >= 15 is 0 Å². The molecule has 0 amide bonds. The Balaban J connectivity index is 2.38. The van der Waals surface area contributed by atoms with Crippen LogP contribution >= 0.6 is 0 Å². The first-order chi connectivity index (χ1) is 9.11. The molecule has 108 valence electrons. The van der Waals surface area contributed by atoms with Gasteiger partial charge in [0, 0.05) is 24.9 Å². The number of hydrogen-bond acceptors (Lipinski definition) is 5. The average molecular weight is 267 g/mol. The molecule has 0 unspecified atom stereocenters. The van der Waals surface area contributed by atoms with E-state index < -0.39 is 0 Å². The lowest BCUT2D eigenvalue weighted by Crippen LogP contribution is -2.14. The van der Waals surface area contributed by atoms with Crippen molar-refractivity contribution in [1.82, 2.24) is 9.97 Å². The molecule has 0 atom stereocenters. The van der Waals surface area contributed by atoms with Crippen LogP contribution in [0, 0.1) is 12.8 Å². The van der Waals surface area contributed by atoms with E-state index in [0.717, 1.165) is 18.7 Å². The largest absolute Gasteiger partial charge is 0.478 e. The Hall–Kier alpha value is -1.36. The molecule has 0 aliphatic rings. The number of nitrogens with zero attached hydrogens (tertiary/aromatic N) is 2. The zero-order valence-corrected chi connectivity index (χ0v) is 12.4. The van der Waals surface area contributed by atoms with Crippen molar-refractivity contribution >= 4 is 5.95 Å². The van der Waals surface area contributed by atoms with E-state index in [2.05, 4.69) is 36.1 Å². The number of aromatic nitrogens is 2. The third kappa shape index (κ3) is 6.96. The maximum absolute atomic E-state index is 5.51. The first kappa shape index (κ1) is 15.7. The van der Waals surface area contributed by atoms with Crippen LogP contribution in [-0.4, -0.2) is 36.3 Å². The van der Waals surface area contributed by atoms with E-state index in [1.807, 2.05) is 13.0 Å². The second-order valence-electron chi connectivity index (χ2n) is 4.92. The van der Waals surface area contributed by atoms with Crippen molar-refractivity contribution in [3.63, 3.8) is 0 Å². The minimum atomic E-state index is 0.560. The van der Waals surface area contributed by atoms with Crippen LogP contribution in [0.5, 0.6) is 5.88 Å². The summed E-state index contributed by atoms with van der Waals surface area (Å²) < 4.78 is 11.0. The summed E-state index contributed by atoms with van der Waals surface area (Å²) in [6, 6.07) is 1.84. The van der Waals surface area contributed by atoms with Crippen LogP contribution in [0.3, 0.4) is 0 Å². The molecule has 5 heteroatoms. The van der Waals surface area contributed by atoms with Crippen molar-refractivity contribution in [3.05, 3.63) is 11.8 Å². The number of nitrogens with one attached hydrogen (secondary N) is 1. The number of hydrogen-bond donors (Lipinski definition) is 1. The molecule has 1 rings (SSSR count). The highest BCUT2D eigenvalue weighted by atomic mass is 16.5. The van der Waals surface area contributed by atoms with Crippen LogP contribution in [0.4, 0.5) is 5.95 Å². The predicted molar refractivity (Wildman–Crippen MR) is 76.7 cm³/mol. The molecule has 1 heterocycles. The summed E-state index contributed by atoms with van der Waals surface area (Å²) in [4.78, 5) is 8.62. The molecule has 0 fully saturated rings. The highest BCUT2D eigenvalue weighted by Crippen LogP contribution is 2.11. The lowest BCUT2D eigenvalue weighted by atomic mass is 10.2. The van der Waals surface area contributed by atoms with Gasteiger partial charge in [-0.2, -0.15) is 4.98 Å². The van der Waals surface area contributed by atoms with Crippen molar-refractivity contribution in [2.75, 3.05) is 31.7 Å². The summed E-state index contributed by atoms with van der Waals surface area (Å²) in [5, 5.41) is 3.15. The van der Waals surface area contributed by atoms with Gasteiger partial charge in [-0.25, -0.2) is 4.98 Å². The van der Waals surface area contributed by atoms with E-state index in [4.69, 9.17) is 9.47 Å². The Morgan fingerprint density at radius 1 is 1.26 bits per heavy atom. The molecule has 1 aromatic rings. The Kier molecular flexibility index (Phi) is 7.18. The SMILES string of the molecule is CCCOc1cc(C)nc(NCCOCC(C)C)n1. The van der Waals surface area contributed by atoms with Crippen LogP contribution in [0.1, 0.15) is 32.9 Å². The molecule has 19 heavy (non-hydrogen) atoms. The summed E-state index contributed by atoms with van der Waals surface area (Å²) in [7, 11) is 0. The number of anilines is 1. The molecule has 0 saturated carbocycles. The highest BCUT2D eigenvalue weighted by molar-refractivity contribution is 5.30. The Morgan fingerprint density at radius 2 is 2.05 bits per heavy atom. The maximum atomic E-state index is 5.51. The topological polar surface area (TPSA) is 56.3 Å². The minimum Gasteiger partial charge on any atom is -0.478 e. The molecule has 5 nitrogen and oxygen atoms in total. The van der Waals surface area contributed by atoms with Crippen molar-refractivity contribution < 1.29 is 9.47 Å². The van der Waals surface area contributed by atoms with Gasteiger partial charge >= 0.3 is 0 Å². The first-order valence-electron chi connectivity index (χ1n) is 6.92. The Bertz CT molecular complexity index is 370. The van der Waals surface area contributed by atoms with Crippen molar-refractivity contribution in [3.8, 4) is 5.88 Å². The molecule has 1 aromatic heterocycles. The molecule has 0 radical (unpaired) electrons. The molecule has 0 aliphatic heterocycles. The fourth-order valence-corrected chi connectivity index (χ4v) is 1.45. The smallest absolute Gasteiger partial charge is 0.226 e. The van der Waals surface area contributed by atoms with Crippen LogP contribution < -0.4 is 10.1 Å². The molecule has 0 saturated heterocycles.